The number of aryl methyl sites for hydroxylation is 1. The molecule has 1 fully saturated rings. The maximum absolute atomic E-state index is 12.6. The number of nitriles is 1. The monoisotopic (exact) mass is 308 g/mol. The summed E-state index contributed by atoms with van der Waals surface area (Å²) in [5.41, 5.74) is 0.887. The van der Waals surface area contributed by atoms with E-state index in [0.29, 0.717) is 18.0 Å². The number of carbonyl (C=O) groups excluding carboxylic acids is 1. The third-order valence-electron chi connectivity index (χ3n) is 4.46. The number of oxazole rings is 1. The zero-order chi connectivity index (χ0) is 16.0. The van der Waals surface area contributed by atoms with E-state index < -0.39 is 5.54 Å². The lowest BCUT2D eigenvalue weighted by Gasteiger charge is -2.13. The second-order valence-corrected chi connectivity index (χ2v) is 6.18. The molecule has 1 saturated carbocycles. The van der Waals surface area contributed by atoms with Crippen LogP contribution in [0.2, 0.25) is 0 Å². The van der Waals surface area contributed by atoms with E-state index in [0.717, 1.165) is 29.1 Å². The third-order valence-corrected chi connectivity index (χ3v) is 4.46. The van der Waals surface area contributed by atoms with E-state index in [4.69, 9.17) is 9.68 Å². The van der Waals surface area contributed by atoms with E-state index in [1.807, 2.05) is 12.2 Å². The van der Waals surface area contributed by atoms with Gasteiger partial charge < -0.3 is 14.7 Å². The van der Waals surface area contributed by atoms with Gasteiger partial charge in [0.05, 0.1) is 17.5 Å². The number of aromatic amines is 1. The summed E-state index contributed by atoms with van der Waals surface area (Å²) in [7, 11) is 0. The van der Waals surface area contributed by atoms with Crippen molar-refractivity contribution < 1.29 is 9.21 Å². The normalized spacial score (nSPS) is 20.6. The van der Waals surface area contributed by atoms with E-state index in [1.165, 1.54) is 0 Å². The first-order chi connectivity index (χ1) is 11.1. The van der Waals surface area contributed by atoms with Crippen molar-refractivity contribution >= 4 is 18.1 Å². The number of nitrogens with zero attached hydrogens (tertiary/aromatic N) is 2. The molecular weight excluding hydrogens is 292 g/mol. The molecule has 2 aliphatic carbocycles. The molecule has 0 aromatic carbocycles. The molecule has 2 aliphatic rings. The van der Waals surface area contributed by atoms with Crippen LogP contribution in [-0.2, 0) is 5.54 Å². The average molecular weight is 308 g/mol. The zero-order valence-electron chi connectivity index (χ0n) is 12.7. The first-order valence-corrected chi connectivity index (χ1v) is 7.65. The average Bonchev–Trinajstić information content (AvgIpc) is 2.99. The number of amides is 1. The van der Waals surface area contributed by atoms with Crippen molar-refractivity contribution in [3.8, 4) is 6.07 Å². The number of hydrogen-bond acceptors (Lipinski definition) is 4. The van der Waals surface area contributed by atoms with Crippen LogP contribution in [0.4, 0.5) is 0 Å². The first-order valence-electron chi connectivity index (χ1n) is 7.65. The fourth-order valence-electron chi connectivity index (χ4n) is 2.97. The summed E-state index contributed by atoms with van der Waals surface area (Å²) in [5.74, 6) is 0.317. The topological polar surface area (TPSA) is 94.7 Å². The van der Waals surface area contributed by atoms with Crippen LogP contribution in [0.25, 0.3) is 12.2 Å². The van der Waals surface area contributed by atoms with Gasteiger partial charge in [0, 0.05) is 12.3 Å². The molecule has 2 heterocycles. The lowest BCUT2D eigenvalue weighted by Crippen LogP contribution is -2.35. The molecule has 23 heavy (non-hydrogen) atoms. The molecule has 1 atom stereocenters. The van der Waals surface area contributed by atoms with Crippen LogP contribution >= 0.6 is 0 Å². The third kappa shape index (κ3) is 2.34. The molecule has 116 valence electrons. The van der Waals surface area contributed by atoms with Gasteiger partial charge in [0.2, 0.25) is 0 Å². The predicted octanol–water partition coefficient (Wildman–Crippen LogP) is 0.835. The SMILES string of the molecule is Cc1nc(C2(NC(=O)c3cc4c([nH]3)=CCC(C#N)C=4)CC2)co1. The highest BCUT2D eigenvalue weighted by Gasteiger charge is 2.48. The van der Waals surface area contributed by atoms with Crippen molar-refractivity contribution in [2.45, 2.75) is 31.7 Å². The summed E-state index contributed by atoms with van der Waals surface area (Å²) in [6, 6.07) is 4.04. The Labute approximate surface area is 132 Å². The summed E-state index contributed by atoms with van der Waals surface area (Å²) < 4.78 is 5.26. The Hall–Kier alpha value is -2.81. The zero-order valence-corrected chi connectivity index (χ0v) is 12.7. The fraction of sp³-hybridized carbons (Fsp3) is 0.353. The number of rotatable bonds is 3. The van der Waals surface area contributed by atoms with Crippen LogP contribution in [0, 0.1) is 24.2 Å². The molecule has 2 aromatic rings. The highest BCUT2D eigenvalue weighted by atomic mass is 16.3. The van der Waals surface area contributed by atoms with Gasteiger partial charge in [0.25, 0.3) is 5.91 Å². The number of fused-ring (bicyclic) bond motifs is 1. The number of hydrogen-bond donors (Lipinski definition) is 2. The molecule has 6 nitrogen and oxygen atoms in total. The molecule has 2 aromatic heterocycles. The van der Waals surface area contributed by atoms with E-state index >= 15 is 0 Å². The number of H-pyrrole nitrogens is 1. The molecular formula is C17H16N4O2. The Kier molecular flexibility index (Phi) is 2.91. The minimum atomic E-state index is -0.400. The van der Waals surface area contributed by atoms with Crippen molar-refractivity contribution in [2.75, 3.05) is 0 Å². The van der Waals surface area contributed by atoms with Crippen molar-refractivity contribution in [2.24, 2.45) is 5.92 Å². The summed E-state index contributed by atoms with van der Waals surface area (Å²) in [6.45, 7) is 1.79. The van der Waals surface area contributed by atoms with E-state index in [1.54, 1.807) is 19.3 Å². The van der Waals surface area contributed by atoms with Crippen molar-refractivity contribution in [1.29, 1.82) is 5.26 Å². The number of carbonyl (C=O) groups is 1. The van der Waals surface area contributed by atoms with Crippen LogP contribution < -0.4 is 15.9 Å². The van der Waals surface area contributed by atoms with E-state index in [9.17, 15) is 4.79 Å². The largest absolute Gasteiger partial charge is 0.449 e. The summed E-state index contributed by atoms with van der Waals surface area (Å²) >= 11 is 0. The van der Waals surface area contributed by atoms with Gasteiger partial charge in [0.1, 0.15) is 17.7 Å². The minimum Gasteiger partial charge on any atom is -0.449 e. The Morgan fingerprint density at radius 3 is 3.04 bits per heavy atom. The Bertz CT molecular complexity index is 940. The van der Waals surface area contributed by atoms with Gasteiger partial charge >= 0.3 is 0 Å². The molecule has 1 unspecified atom stereocenters. The number of nitrogens with one attached hydrogen (secondary N) is 2. The molecule has 0 aliphatic heterocycles. The molecule has 0 saturated heterocycles. The first kappa shape index (κ1) is 13.8. The minimum absolute atomic E-state index is 0.123. The van der Waals surface area contributed by atoms with Gasteiger partial charge in [-0.3, -0.25) is 4.79 Å². The second kappa shape index (κ2) is 4.85. The standard InChI is InChI=1S/C17H16N4O2/c1-10-19-15(9-23-10)17(4-5-17)21-16(22)14-7-12-6-11(8-18)2-3-13(12)20-14/h3,6-7,9,11,20H,2,4-5H2,1H3,(H,21,22). The summed E-state index contributed by atoms with van der Waals surface area (Å²) in [4.78, 5) is 20.0. The molecule has 4 rings (SSSR count). The predicted molar refractivity (Wildman–Crippen MR) is 82.3 cm³/mol. The highest BCUT2D eigenvalue weighted by Crippen LogP contribution is 2.45. The van der Waals surface area contributed by atoms with Gasteiger partial charge in [-0.1, -0.05) is 12.2 Å². The summed E-state index contributed by atoms with van der Waals surface area (Å²) in [6.07, 6.45) is 7.87. The molecule has 0 radical (unpaired) electrons. The van der Waals surface area contributed by atoms with Crippen LogP contribution in [0.1, 0.15) is 41.3 Å². The molecule has 0 spiro atoms. The lowest BCUT2D eigenvalue weighted by atomic mass is 10.0. The van der Waals surface area contributed by atoms with Crippen LogP contribution in [0.5, 0.6) is 0 Å². The maximum atomic E-state index is 12.6. The Morgan fingerprint density at radius 2 is 2.39 bits per heavy atom. The second-order valence-electron chi connectivity index (χ2n) is 6.18. The fourth-order valence-corrected chi connectivity index (χ4v) is 2.97. The van der Waals surface area contributed by atoms with E-state index in [-0.39, 0.29) is 11.8 Å². The van der Waals surface area contributed by atoms with Gasteiger partial charge in [-0.2, -0.15) is 5.26 Å². The Balaban J connectivity index is 1.60. The van der Waals surface area contributed by atoms with Crippen LogP contribution in [0.3, 0.4) is 0 Å². The molecule has 0 bridgehead atoms. The van der Waals surface area contributed by atoms with Gasteiger partial charge in [-0.15, -0.1) is 0 Å². The van der Waals surface area contributed by atoms with Crippen LogP contribution in [0.15, 0.2) is 16.7 Å². The summed E-state index contributed by atoms with van der Waals surface area (Å²) in [5, 5.41) is 13.9. The smallest absolute Gasteiger partial charge is 0.268 e. The molecule has 6 heteroatoms. The quantitative estimate of drug-likeness (QED) is 0.878. The van der Waals surface area contributed by atoms with Crippen molar-refractivity contribution in [3.63, 3.8) is 0 Å². The van der Waals surface area contributed by atoms with Crippen molar-refractivity contribution in [3.05, 3.63) is 40.2 Å². The number of aromatic nitrogens is 2. The van der Waals surface area contributed by atoms with Crippen LogP contribution in [-0.4, -0.2) is 15.9 Å². The Morgan fingerprint density at radius 1 is 1.57 bits per heavy atom. The molecule has 1 amide bonds. The van der Waals surface area contributed by atoms with Crippen molar-refractivity contribution in [1.82, 2.24) is 15.3 Å². The lowest BCUT2D eigenvalue weighted by molar-refractivity contribution is 0.0925. The van der Waals surface area contributed by atoms with Gasteiger partial charge in [0.15, 0.2) is 5.89 Å². The maximum Gasteiger partial charge on any atom is 0.268 e. The van der Waals surface area contributed by atoms with Gasteiger partial charge in [-0.05, 0) is 30.5 Å². The molecule has 2 N–H and O–H groups in total. The van der Waals surface area contributed by atoms with Gasteiger partial charge in [-0.25, -0.2) is 4.98 Å². The highest BCUT2D eigenvalue weighted by molar-refractivity contribution is 5.93. The van der Waals surface area contributed by atoms with E-state index in [2.05, 4.69) is 21.4 Å².